The van der Waals surface area contributed by atoms with Crippen molar-refractivity contribution in [2.45, 2.75) is 40.5 Å². The first kappa shape index (κ1) is 31.4. The highest BCUT2D eigenvalue weighted by molar-refractivity contribution is 8.18. The van der Waals surface area contributed by atoms with Gasteiger partial charge in [0.2, 0.25) is 5.91 Å². The lowest BCUT2D eigenvalue weighted by molar-refractivity contribution is -0.127. The quantitative estimate of drug-likeness (QED) is 0.241. The highest BCUT2D eigenvalue weighted by atomic mass is 32.2. The lowest BCUT2D eigenvalue weighted by atomic mass is 10.0. The lowest BCUT2D eigenvalue weighted by Gasteiger charge is -2.15. The largest absolute Gasteiger partial charge is 0.490 e. The van der Waals surface area contributed by atoms with Crippen molar-refractivity contribution >= 4 is 52.2 Å². The number of aryl methyl sites for hydroxylation is 1. The molecule has 0 radical (unpaired) electrons. The number of ether oxygens (including phenoxy) is 2. The standard InChI is InChI=1S/C33H35N3O6S/c1-6-41-28-16-23(14-15-27(28)42-19-31(38)35-26-12-8-7-11-24(26)20(2)3)17-29-32(39)36(33(40)43-29)18-30(37)34-25-13-9-10-21(4)22(25)5/h7-17,20H,6,18-19H2,1-5H3,(H,34,37)(H,35,38)/b29-17+. The van der Waals surface area contributed by atoms with Gasteiger partial charge in [-0.05, 0) is 91.0 Å². The second-order valence-corrected chi connectivity index (χ2v) is 11.3. The van der Waals surface area contributed by atoms with Gasteiger partial charge in [0.25, 0.3) is 17.1 Å². The molecule has 43 heavy (non-hydrogen) atoms. The van der Waals surface area contributed by atoms with Crippen LogP contribution in [0.5, 0.6) is 11.5 Å². The van der Waals surface area contributed by atoms with E-state index in [-0.39, 0.29) is 23.3 Å². The number of para-hydroxylation sites is 1. The number of carbonyl (C=O) groups is 4. The summed E-state index contributed by atoms with van der Waals surface area (Å²) in [6, 6.07) is 18.2. The molecule has 4 rings (SSSR count). The van der Waals surface area contributed by atoms with Crippen molar-refractivity contribution in [1.82, 2.24) is 4.90 Å². The maximum Gasteiger partial charge on any atom is 0.294 e. The van der Waals surface area contributed by atoms with Gasteiger partial charge in [0, 0.05) is 11.4 Å². The molecule has 1 saturated heterocycles. The van der Waals surface area contributed by atoms with Crippen molar-refractivity contribution < 1.29 is 28.7 Å². The van der Waals surface area contributed by atoms with Crippen molar-refractivity contribution in [3.8, 4) is 11.5 Å². The van der Waals surface area contributed by atoms with E-state index in [1.165, 1.54) is 0 Å². The van der Waals surface area contributed by atoms with Crippen molar-refractivity contribution in [2.75, 3.05) is 30.4 Å². The zero-order chi connectivity index (χ0) is 31.1. The molecule has 1 aliphatic heterocycles. The van der Waals surface area contributed by atoms with E-state index in [1.54, 1.807) is 30.3 Å². The van der Waals surface area contributed by atoms with Gasteiger partial charge < -0.3 is 20.1 Å². The molecular weight excluding hydrogens is 566 g/mol. The molecule has 10 heteroatoms. The van der Waals surface area contributed by atoms with E-state index in [4.69, 9.17) is 9.47 Å². The van der Waals surface area contributed by atoms with Gasteiger partial charge in [-0.2, -0.15) is 0 Å². The number of anilines is 2. The summed E-state index contributed by atoms with van der Waals surface area (Å²) in [5, 5.41) is 5.15. The Morgan fingerprint density at radius 2 is 1.63 bits per heavy atom. The van der Waals surface area contributed by atoms with Crippen LogP contribution in [0.15, 0.2) is 65.6 Å². The van der Waals surface area contributed by atoms with Gasteiger partial charge in [-0.15, -0.1) is 0 Å². The topological polar surface area (TPSA) is 114 Å². The summed E-state index contributed by atoms with van der Waals surface area (Å²) in [6.07, 6.45) is 1.56. The maximum absolute atomic E-state index is 13.0. The monoisotopic (exact) mass is 601 g/mol. The van der Waals surface area contributed by atoms with Crippen LogP contribution in [-0.2, 0) is 14.4 Å². The molecule has 2 N–H and O–H groups in total. The van der Waals surface area contributed by atoms with E-state index in [0.717, 1.165) is 39.0 Å². The summed E-state index contributed by atoms with van der Waals surface area (Å²) in [5.41, 5.74) is 4.93. The van der Waals surface area contributed by atoms with Crippen LogP contribution < -0.4 is 20.1 Å². The fourth-order valence-electron chi connectivity index (χ4n) is 4.45. The van der Waals surface area contributed by atoms with Crippen LogP contribution in [0.2, 0.25) is 0 Å². The third-order valence-corrected chi connectivity index (χ3v) is 7.74. The van der Waals surface area contributed by atoms with Gasteiger partial charge in [-0.1, -0.05) is 50.2 Å². The van der Waals surface area contributed by atoms with Crippen molar-refractivity contribution in [1.29, 1.82) is 0 Å². The molecule has 0 spiro atoms. The second-order valence-electron chi connectivity index (χ2n) is 10.3. The van der Waals surface area contributed by atoms with E-state index in [0.29, 0.717) is 29.4 Å². The van der Waals surface area contributed by atoms with Crippen LogP contribution in [0.1, 0.15) is 48.9 Å². The molecule has 1 fully saturated rings. The van der Waals surface area contributed by atoms with Crippen LogP contribution in [-0.4, -0.2) is 47.6 Å². The molecule has 1 heterocycles. The van der Waals surface area contributed by atoms with Gasteiger partial charge >= 0.3 is 0 Å². The van der Waals surface area contributed by atoms with Gasteiger partial charge in [-0.3, -0.25) is 24.1 Å². The SMILES string of the molecule is CCOc1cc(/C=C2/SC(=O)N(CC(=O)Nc3cccc(C)c3C)C2=O)ccc1OCC(=O)Nc1ccccc1C(C)C. The molecule has 3 aromatic rings. The molecule has 0 unspecified atom stereocenters. The van der Waals surface area contributed by atoms with Gasteiger partial charge in [-0.25, -0.2) is 0 Å². The summed E-state index contributed by atoms with van der Waals surface area (Å²) in [7, 11) is 0. The number of imide groups is 1. The minimum atomic E-state index is -0.553. The molecule has 0 atom stereocenters. The zero-order valence-corrected chi connectivity index (χ0v) is 25.7. The Morgan fingerprint density at radius 1 is 0.907 bits per heavy atom. The zero-order valence-electron chi connectivity index (χ0n) is 24.9. The van der Waals surface area contributed by atoms with E-state index >= 15 is 0 Å². The average Bonchev–Trinajstić information content (AvgIpc) is 3.22. The normalized spacial score (nSPS) is 13.9. The highest BCUT2D eigenvalue weighted by Gasteiger charge is 2.36. The fraction of sp³-hybridized carbons (Fsp3) is 0.273. The molecule has 0 aromatic heterocycles. The Morgan fingerprint density at radius 3 is 2.37 bits per heavy atom. The van der Waals surface area contributed by atoms with Crippen LogP contribution in [0, 0.1) is 13.8 Å². The first-order chi connectivity index (χ1) is 20.6. The minimum absolute atomic E-state index is 0.184. The third-order valence-electron chi connectivity index (χ3n) is 6.84. The molecular formula is C33H35N3O6S. The first-order valence-corrected chi connectivity index (χ1v) is 14.8. The molecule has 9 nitrogen and oxygen atoms in total. The Balaban J connectivity index is 1.42. The van der Waals surface area contributed by atoms with Crippen molar-refractivity contribution in [3.63, 3.8) is 0 Å². The molecule has 0 bridgehead atoms. The number of carbonyl (C=O) groups excluding carboxylic acids is 4. The average molecular weight is 602 g/mol. The third kappa shape index (κ3) is 7.84. The molecule has 0 aliphatic carbocycles. The molecule has 0 saturated carbocycles. The summed E-state index contributed by atoms with van der Waals surface area (Å²) < 4.78 is 11.5. The number of benzene rings is 3. The predicted molar refractivity (Wildman–Crippen MR) is 169 cm³/mol. The molecule has 4 amide bonds. The van der Waals surface area contributed by atoms with E-state index < -0.39 is 23.6 Å². The van der Waals surface area contributed by atoms with Gasteiger partial charge in [0.15, 0.2) is 18.1 Å². The smallest absolute Gasteiger partial charge is 0.294 e. The van der Waals surface area contributed by atoms with E-state index in [2.05, 4.69) is 24.5 Å². The van der Waals surface area contributed by atoms with Crippen LogP contribution in [0.25, 0.3) is 6.08 Å². The fourth-order valence-corrected chi connectivity index (χ4v) is 5.29. The molecule has 3 aromatic carbocycles. The van der Waals surface area contributed by atoms with Crippen LogP contribution >= 0.6 is 11.8 Å². The minimum Gasteiger partial charge on any atom is -0.490 e. The maximum atomic E-state index is 13.0. The predicted octanol–water partition coefficient (Wildman–Crippen LogP) is 6.52. The van der Waals surface area contributed by atoms with Crippen LogP contribution in [0.4, 0.5) is 16.2 Å². The lowest BCUT2D eigenvalue weighted by Crippen LogP contribution is -2.36. The Hall–Kier alpha value is -4.57. The Bertz CT molecular complexity index is 1580. The van der Waals surface area contributed by atoms with E-state index in [9.17, 15) is 19.2 Å². The number of rotatable bonds is 11. The highest BCUT2D eigenvalue weighted by Crippen LogP contribution is 2.35. The summed E-state index contributed by atoms with van der Waals surface area (Å²) in [5.74, 6) is -0.330. The Kier molecular flexibility index (Phi) is 10.3. The second kappa shape index (κ2) is 14.1. The number of nitrogens with one attached hydrogen (secondary N) is 2. The number of nitrogens with zero attached hydrogens (tertiary/aromatic N) is 1. The van der Waals surface area contributed by atoms with Gasteiger partial charge in [0.1, 0.15) is 6.54 Å². The first-order valence-electron chi connectivity index (χ1n) is 14.0. The number of hydrogen-bond acceptors (Lipinski definition) is 7. The van der Waals surface area contributed by atoms with Gasteiger partial charge in [0.05, 0.1) is 11.5 Å². The summed E-state index contributed by atoms with van der Waals surface area (Å²) in [6.45, 7) is 9.49. The van der Waals surface area contributed by atoms with Crippen molar-refractivity contribution in [3.05, 3.63) is 87.8 Å². The summed E-state index contributed by atoms with van der Waals surface area (Å²) >= 11 is 0.766. The van der Waals surface area contributed by atoms with Crippen molar-refractivity contribution in [2.24, 2.45) is 0 Å². The van der Waals surface area contributed by atoms with Crippen LogP contribution in [0.3, 0.4) is 0 Å². The number of thioether (sulfide) groups is 1. The number of hydrogen-bond donors (Lipinski definition) is 2. The molecule has 1 aliphatic rings. The number of amides is 4. The summed E-state index contributed by atoms with van der Waals surface area (Å²) in [4.78, 5) is 52.1. The molecule has 224 valence electrons. The van der Waals surface area contributed by atoms with E-state index in [1.807, 2.05) is 57.2 Å². The Labute approximate surface area is 255 Å².